The molecule has 3 rings (SSSR count). The van der Waals surface area contributed by atoms with Crippen LogP contribution >= 0.6 is 0 Å². The van der Waals surface area contributed by atoms with E-state index in [2.05, 4.69) is 29.2 Å². The fourth-order valence-corrected chi connectivity index (χ4v) is 2.42. The van der Waals surface area contributed by atoms with Crippen molar-refractivity contribution in [2.45, 2.75) is 25.3 Å². The lowest BCUT2D eigenvalue weighted by Crippen LogP contribution is -2.26. The van der Waals surface area contributed by atoms with E-state index in [1.54, 1.807) is 18.0 Å². The SMILES string of the molecule is CN(Cc1ccc(C2CC2)cc1)C(=O)c1ccc(=O)[nH]c1. The quantitative estimate of drug-likeness (QED) is 0.937. The number of benzene rings is 1. The number of hydrogen-bond donors (Lipinski definition) is 1. The van der Waals surface area contributed by atoms with Gasteiger partial charge in [0, 0.05) is 25.9 Å². The molecule has 1 heterocycles. The van der Waals surface area contributed by atoms with E-state index < -0.39 is 0 Å². The third kappa shape index (κ3) is 3.21. The minimum absolute atomic E-state index is 0.0995. The van der Waals surface area contributed by atoms with E-state index >= 15 is 0 Å². The molecule has 0 bridgehead atoms. The second kappa shape index (κ2) is 5.56. The van der Waals surface area contributed by atoms with Crippen LogP contribution < -0.4 is 5.56 Å². The van der Waals surface area contributed by atoms with Crippen molar-refractivity contribution in [2.24, 2.45) is 0 Å². The van der Waals surface area contributed by atoms with E-state index in [1.807, 2.05) is 0 Å². The van der Waals surface area contributed by atoms with Crippen molar-refractivity contribution < 1.29 is 4.79 Å². The zero-order valence-corrected chi connectivity index (χ0v) is 12.0. The third-order valence-electron chi connectivity index (χ3n) is 3.83. The average Bonchev–Trinajstić information content (AvgIpc) is 3.33. The van der Waals surface area contributed by atoms with E-state index in [4.69, 9.17) is 0 Å². The minimum atomic E-state index is -0.204. The number of carbonyl (C=O) groups excluding carboxylic acids is 1. The van der Waals surface area contributed by atoms with Gasteiger partial charge in [0.25, 0.3) is 5.91 Å². The Morgan fingerprint density at radius 1 is 1.19 bits per heavy atom. The van der Waals surface area contributed by atoms with Gasteiger partial charge in [-0.05, 0) is 36.0 Å². The molecule has 108 valence electrons. The molecular formula is C17H18N2O2. The van der Waals surface area contributed by atoms with Gasteiger partial charge in [0.15, 0.2) is 0 Å². The maximum Gasteiger partial charge on any atom is 0.255 e. The molecule has 1 fully saturated rings. The van der Waals surface area contributed by atoms with Crippen LogP contribution in [-0.2, 0) is 6.54 Å². The summed E-state index contributed by atoms with van der Waals surface area (Å²) in [4.78, 5) is 27.4. The number of rotatable bonds is 4. The van der Waals surface area contributed by atoms with Crippen LogP contribution in [-0.4, -0.2) is 22.8 Å². The standard InChI is InChI=1S/C17H18N2O2/c1-19(17(21)15-8-9-16(20)18-10-15)11-12-2-4-13(5-3-12)14-6-7-14/h2-5,8-10,14H,6-7,11H2,1H3,(H,18,20). The molecule has 0 atom stereocenters. The Hall–Kier alpha value is -2.36. The number of aromatic nitrogens is 1. The number of carbonyl (C=O) groups is 1. The van der Waals surface area contributed by atoms with E-state index in [0.717, 1.165) is 11.5 Å². The second-order valence-corrected chi connectivity index (χ2v) is 5.62. The van der Waals surface area contributed by atoms with Gasteiger partial charge in [-0.2, -0.15) is 0 Å². The van der Waals surface area contributed by atoms with Crippen LogP contribution in [0.5, 0.6) is 0 Å². The highest BCUT2D eigenvalue weighted by molar-refractivity contribution is 5.93. The first-order valence-corrected chi connectivity index (χ1v) is 7.16. The summed E-state index contributed by atoms with van der Waals surface area (Å²) in [6.45, 7) is 0.558. The topological polar surface area (TPSA) is 53.2 Å². The van der Waals surface area contributed by atoms with Crippen LogP contribution in [0.1, 0.15) is 40.2 Å². The maximum atomic E-state index is 12.2. The molecule has 1 saturated carbocycles. The maximum absolute atomic E-state index is 12.2. The van der Waals surface area contributed by atoms with Crippen molar-refractivity contribution in [1.29, 1.82) is 0 Å². The minimum Gasteiger partial charge on any atom is -0.337 e. The van der Waals surface area contributed by atoms with Gasteiger partial charge in [-0.1, -0.05) is 24.3 Å². The molecule has 1 aromatic heterocycles. The van der Waals surface area contributed by atoms with Crippen molar-refractivity contribution in [3.05, 3.63) is 69.6 Å². The summed E-state index contributed by atoms with van der Waals surface area (Å²) >= 11 is 0. The zero-order chi connectivity index (χ0) is 14.8. The lowest BCUT2D eigenvalue weighted by Gasteiger charge is -2.17. The van der Waals surface area contributed by atoms with Crippen LogP contribution in [0.3, 0.4) is 0 Å². The molecule has 1 aromatic carbocycles. The number of H-pyrrole nitrogens is 1. The highest BCUT2D eigenvalue weighted by Gasteiger charge is 2.23. The number of aromatic amines is 1. The first-order chi connectivity index (χ1) is 10.1. The fourth-order valence-electron chi connectivity index (χ4n) is 2.42. The molecule has 1 aliphatic carbocycles. The third-order valence-corrected chi connectivity index (χ3v) is 3.83. The van der Waals surface area contributed by atoms with Crippen molar-refractivity contribution in [3.8, 4) is 0 Å². The highest BCUT2D eigenvalue weighted by atomic mass is 16.2. The van der Waals surface area contributed by atoms with Gasteiger partial charge in [0.2, 0.25) is 5.56 Å². The molecule has 0 radical (unpaired) electrons. The monoisotopic (exact) mass is 282 g/mol. The van der Waals surface area contributed by atoms with Crippen molar-refractivity contribution in [2.75, 3.05) is 7.05 Å². The first kappa shape index (κ1) is 13.6. The molecule has 2 aromatic rings. The van der Waals surface area contributed by atoms with Crippen LogP contribution in [0.15, 0.2) is 47.4 Å². The van der Waals surface area contributed by atoms with Gasteiger partial charge in [-0.15, -0.1) is 0 Å². The Labute approximate surface area is 123 Å². The smallest absolute Gasteiger partial charge is 0.255 e. The summed E-state index contributed by atoms with van der Waals surface area (Å²) < 4.78 is 0. The molecule has 0 spiro atoms. The molecule has 4 nitrogen and oxygen atoms in total. The Kier molecular flexibility index (Phi) is 3.60. The van der Waals surface area contributed by atoms with Crippen LogP contribution in [0.25, 0.3) is 0 Å². The Balaban J connectivity index is 1.67. The largest absolute Gasteiger partial charge is 0.337 e. The van der Waals surface area contributed by atoms with Crippen molar-refractivity contribution in [3.63, 3.8) is 0 Å². The summed E-state index contributed by atoms with van der Waals surface area (Å²) in [6.07, 6.45) is 4.05. The summed E-state index contributed by atoms with van der Waals surface area (Å²) in [7, 11) is 1.77. The lowest BCUT2D eigenvalue weighted by atomic mass is 10.1. The summed E-state index contributed by atoms with van der Waals surface area (Å²) in [5.41, 5.74) is 2.80. The Morgan fingerprint density at radius 2 is 1.90 bits per heavy atom. The van der Waals surface area contributed by atoms with E-state index in [0.29, 0.717) is 12.1 Å². The molecular weight excluding hydrogens is 264 g/mol. The highest BCUT2D eigenvalue weighted by Crippen LogP contribution is 2.39. The van der Waals surface area contributed by atoms with Gasteiger partial charge >= 0.3 is 0 Å². The van der Waals surface area contributed by atoms with E-state index in [9.17, 15) is 9.59 Å². The predicted molar refractivity (Wildman–Crippen MR) is 81.3 cm³/mol. The zero-order valence-electron chi connectivity index (χ0n) is 12.0. The van der Waals surface area contributed by atoms with Gasteiger partial charge in [-0.3, -0.25) is 9.59 Å². The predicted octanol–water partition coefficient (Wildman–Crippen LogP) is 2.52. The molecule has 21 heavy (non-hydrogen) atoms. The van der Waals surface area contributed by atoms with Crippen LogP contribution in [0, 0.1) is 0 Å². The normalized spacial score (nSPS) is 14.0. The number of amides is 1. The van der Waals surface area contributed by atoms with E-state index in [1.165, 1.54) is 30.7 Å². The van der Waals surface area contributed by atoms with Crippen molar-refractivity contribution >= 4 is 5.91 Å². The summed E-state index contributed by atoms with van der Waals surface area (Å²) in [6, 6.07) is 11.4. The Bertz CT molecular complexity index is 679. The number of hydrogen-bond acceptors (Lipinski definition) is 2. The molecule has 0 saturated heterocycles. The molecule has 1 amide bonds. The van der Waals surface area contributed by atoms with Gasteiger partial charge < -0.3 is 9.88 Å². The molecule has 4 heteroatoms. The van der Waals surface area contributed by atoms with Crippen LogP contribution in [0.2, 0.25) is 0 Å². The summed E-state index contributed by atoms with van der Waals surface area (Å²) in [5, 5.41) is 0. The molecule has 0 aliphatic heterocycles. The molecule has 1 aliphatic rings. The van der Waals surface area contributed by atoms with Gasteiger partial charge in [-0.25, -0.2) is 0 Å². The van der Waals surface area contributed by atoms with Gasteiger partial charge in [0.05, 0.1) is 5.56 Å². The number of nitrogens with zero attached hydrogens (tertiary/aromatic N) is 1. The summed E-state index contributed by atoms with van der Waals surface area (Å²) in [5.74, 6) is 0.650. The molecule has 1 N–H and O–H groups in total. The fraction of sp³-hybridized carbons (Fsp3) is 0.294. The Morgan fingerprint density at radius 3 is 2.48 bits per heavy atom. The van der Waals surface area contributed by atoms with Crippen LogP contribution in [0.4, 0.5) is 0 Å². The first-order valence-electron chi connectivity index (χ1n) is 7.16. The number of pyridine rings is 1. The lowest BCUT2D eigenvalue weighted by molar-refractivity contribution is 0.0784. The van der Waals surface area contributed by atoms with E-state index in [-0.39, 0.29) is 11.5 Å². The molecule has 0 unspecified atom stereocenters. The second-order valence-electron chi connectivity index (χ2n) is 5.62. The van der Waals surface area contributed by atoms with Crippen molar-refractivity contribution in [1.82, 2.24) is 9.88 Å². The number of nitrogens with one attached hydrogen (secondary N) is 1. The average molecular weight is 282 g/mol. The van der Waals surface area contributed by atoms with Gasteiger partial charge in [0.1, 0.15) is 0 Å².